The van der Waals surface area contributed by atoms with Crippen LogP contribution in [0, 0.1) is 0 Å². The van der Waals surface area contributed by atoms with Crippen molar-refractivity contribution in [1.29, 1.82) is 0 Å². The molecule has 3 rings (SSSR count). The second-order valence-corrected chi connectivity index (χ2v) is 7.86. The molecule has 1 amide bonds. The number of nitrogens with one attached hydrogen (secondary N) is 2. The van der Waals surface area contributed by atoms with E-state index in [2.05, 4.69) is 17.6 Å². The number of nitrogens with zero attached hydrogens (tertiary/aromatic N) is 1. The standard InChI is InChI=1S/C25H29N3O3S/c1-5-17-11-13-18(14-12-17)23(29)26-20-10-8-9-19(15-20)22-21(24(30)31-7-3)16(4)28(6-2)25(32)27-22/h8-15,22H,5-7H2,1-4H3,(H,26,29)(H,27,32). The molecule has 0 saturated heterocycles. The predicted octanol–water partition coefficient (Wildman–Crippen LogP) is 4.59. The first-order valence-electron chi connectivity index (χ1n) is 10.9. The van der Waals surface area contributed by atoms with E-state index in [0.717, 1.165) is 17.7 Å². The Bertz CT molecular complexity index is 1050. The smallest absolute Gasteiger partial charge is 0.338 e. The van der Waals surface area contributed by atoms with E-state index >= 15 is 0 Å². The Morgan fingerprint density at radius 1 is 1.12 bits per heavy atom. The molecule has 0 aromatic heterocycles. The van der Waals surface area contributed by atoms with Crippen LogP contribution in [0.2, 0.25) is 0 Å². The van der Waals surface area contributed by atoms with Gasteiger partial charge >= 0.3 is 5.97 Å². The lowest BCUT2D eigenvalue weighted by Gasteiger charge is -2.37. The number of aryl methyl sites for hydroxylation is 1. The summed E-state index contributed by atoms with van der Waals surface area (Å²) < 4.78 is 5.33. The van der Waals surface area contributed by atoms with Gasteiger partial charge in [-0.1, -0.05) is 31.2 Å². The number of hydrogen-bond acceptors (Lipinski definition) is 4. The Labute approximate surface area is 194 Å². The van der Waals surface area contributed by atoms with E-state index in [4.69, 9.17) is 17.0 Å². The van der Waals surface area contributed by atoms with Crippen LogP contribution in [0.4, 0.5) is 5.69 Å². The normalized spacial score (nSPS) is 15.9. The zero-order valence-electron chi connectivity index (χ0n) is 18.9. The molecule has 1 aliphatic rings. The van der Waals surface area contributed by atoms with Gasteiger partial charge in [-0.05, 0) is 74.8 Å². The molecule has 1 atom stereocenters. The number of thiocarbonyl (C=S) groups is 1. The highest BCUT2D eigenvalue weighted by Gasteiger charge is 2.34. The zero-order chi connectivity index (χ0) is 23.3. The number of ether oxygens (including phenoxy) is 1. The van der Waals surface area contributed by atoms with Crippen LogP contribution < -0.4 is 10.6 Å². The first-order valence-corrected chi connectivity index (χ1v) is 11.3. The van der Waals surface area contributed by atoms with Crippen molar-refractivity contribution in [1.82, 2.24) is 10.2 Å². The number of amides is 1. The topological polar surface area (TPSA) is 70.7 Å². The van der Waals surface area contributed by atoms with Gasteiger partial charge in [0, 0.05) is 23.5 Å². The lowest BCUT2D eigenvalue weighted by atomic mass is 9.94. The number of carbonyl (C=O) groups is 2. The largest absolute Gasteiger partial charge is 0.463 e. The second kappa shape index (κ2) is 10.4. The van der Waals surface area contributed by atoms with Crippen molar-refractivity contribution in [3.05, 3.63) is 76.5 Å². The predicted molar refractivity (Wildman–Crippen MR) is 130 cm³/mol. The highest BCUT2D eigenvalue weighted by molar-refractivity contribution is 7.80. The molecule has 2 aromatic rings. The molecule has 0 bridgehead atoms. The van der Waals surface area contributed by atoms with Crippen molar-refractivity contribution in [2.45, 2.75) is 40.2 Å². The average Bonchev–Trinajstić information content (AvgIpc) is 2.79. The number of anilines is 1. The summed E-state index contributed by atoms with van der Waals surface area (Å²) in [6.07, 6.45) is 0.922. The monoisotopic (exact) mass is 451 g/mol. The molecule has 0 fully saturated rings. The van der Waals surface area contributed by atoms with Crippen molar-refractivity contribution in [3.8, 4) is 0 Å². The molecule has 6 nitrogen and oxygen atoms in total. The Morgan fingerprint density at radius 2 is 1.84 bits per heavy atom. The highest BCUT2D eigenvalue weighted by atomic mass is 32.1. The molecule has 1 unspecified atom stereocenters. The van der Waals surface area contributed by atoms with Gasteiger partial charge in [0.2, 0.25) is 0 Å². The summed E-state index contributed by atoms with van der Waals surface area (Å²) in [5.74, 6) is -0.569. The van der Waals surface area contributed by atoms with E-state index in [1.807, 2.05) is 67.3 Å². The summed E-state index contributed by atoms with van der Waals surface area (Å²) in [4.78, 5) is 27.4. The maximum Gasteiger partial charge on any atom is 0.338 e. The minimum absolute atomic E-state index is 0.188. The fourth-order valence-electron chi connectivity index (χ4n) is 3.78. The molecule has 2 aromatic carbocycles. The quantitative estimate of drug-likeness (QED) is 0.474. The van der Waals surface area contributed by atoms with E-state index < -0.39 is 6.04 Å². The maximum absolute atomic E-state index is 12.8. The zero-order valence-corrected chi connectivity index (χ0v) is 19.7. The molecule has 168 valence electrons. The Kier molecular flexibility index (Phi) is 7.64. The molecule has 2 N–H and O–H groups in total. The number of carbonyl (C=O) groups excluding carboxylic acids is 2. The second-order valence-electron chi connectivity index (χ2n) is 7.48. The van der Waals surface area contributed by atoms with E-state index in [9.17, 15) is 9.59 Å². The Hall–Kier alpha value is -3.19. The van der Waals surface area contributed by atoms with Crippen molar-refractivity contribution < 1.29 is 14.3 Å². The van der Waals surface area contributed by atoms with E-state index in [1.54, 1.807) is 6.92 Å². The molecule has 32 heavy (non-hydrogen) atoms. The average molecular weight is 452 g/mol. The first-order chi connectivity index (χ1) is 15.4. The minimum Gasteiger partial charge on any atom is -0.463 e. The van der Waals surface area contributed by atoms with Gasteiger partial charge in [0.1, 0.15) is 0 Å². The summed E-state index contributed by atoms with van der Waals surface area (Å²) >= 11 is 5.53. The summed E-state index contributed by atoms with van der Waals surface area (Å²) in [6, 6.07) is 14.5. The van der Waals surface area contributed by atoms with Gasteiger partial charge in [-0.15, -0.1) is 0 Å². The van der Waals surface area contributed by atoms with Crippen LogP contribution >= 0.6 is 12.2 Å². The molecular weight excluding hydrogens is 422 g/mol. The van der Waals surface area contributed by atoms with Gasteiger partial charge in [-0.2, -0.15) is 0 Å². The van der Waals surface area contributed by atoms with Gasteiger partial charge < -0.3 is 20.3 Å². The third-order valence-electron chi connectivity index (χ3n) is 5.51. The van der Waals surface area contributed by atoms with Crippen LogP contribution in [0.15, 0.2) is 59.8 Å². The molecule has 0 aliphatic carbocycles. The summed E-state index contributed by atoms with van der Waals surface area (Å²) in [5.41, 5.74) is 4.50. The molecule has 0 saturated carbocycles. The van der Waals surface area contributed by atoms with Crippen molar-refractivity contribution in [3.63, 3.8) is 0 Å². The summed E-state index contributed by atoms with van der Waals surface area (Å²) in [6.45, 7) is 8.63. The molecule has 0 radical (unpaired) electrons. The Morgan fingerprint density at radius 3 is 2.47 bits per heavy atom. The van der Waals surface area contributed by atoms with E-state index in [-0.39, 0.29) is 18.5 Å². The molecule has 1 heterocycles. The van der Waals surface area contributed by atoms with Gasteiger partial charge in [0.05, 0.1) is 18.2 Å². The van der Waals surface area contributed by atoms with Crippen LogP contribution in [-0.4, -0.2) is 35.0 Å². The third-order valence-corrected chi connectivity index (χ3v) is 5.85. The van der Waals surface area contributed by atoms with Gasteiger partial charge in [-0.3, -0.25) is 4.79 Å². The number of rotatable bonds is 7. The lowest BCUT2D eigenvalue weighted by molar-refractivity contribution is -0.139. The summed E-state index contributed by atoms with van der Waals surface area (Å²) in [7, 11) is 0. The fraction of sp³-hybridized carbons (Fsp3) is 0.320. The van der Waals surface area contributed by atoms with Crippen molar-refractivity contribution >= 4 is 34.9 Å². The van der Waals surface area contributed by atoms with Crippen LogP contribution in [0.3, 0.4) is 0 Å². The maximum atomic E-state index is 12.8. The van der Waals surface area contributed by atoms with Crippen molar-refractivity contribution in [2.24, 2.45) is 0 Å². The van der Waals surface area contributed by atoms with Gasteiger partial charge in [0.15, 0.2) is 5.11 Å². The van der Waals surface area contributed by atoms with Crippen molar-refractivity contribution in [2.75, 3.05) is 18.5 Å². The van der Waals surface area contributed by atoms with Gasteiger partial charge in [0.25, 0.3) is 5.91 Å². The van der Waals surface area contributed by atoms with Crippen LogP contribution in [0.5, 0.6) is 0 Å². The SMILES string of the molecule is CCOC(=O)C1=C(C)N(CC)C(=S)NC1c1cccc(NC(=O)c2ccc(CC)cc2)c1. The molecule has 0 spiro atoms. The third kappa shape index (κ3) is 4.99. The number of allylic oxidation sites excluding steroid dienone is 1. The van der Waals surface area contributed by atoms with Gasteiger partial charge in [-0.25, -0.2) is 4.79 Å². The van der Waals surface area contributed by atoms with E-state index in [0.29, 0.717) is 28.5 Å². The number of esters is 1. The van der Waals surface area contributed by atoms with Crippen LogP contribution in [-0.2, 0) is 16.0 Å². The van der Waals surface area contributed by atoms with Crippen LogP contribution in [0.1, 0.15) is 55.2 Å². The summed E-state index contributed by atoms with van der Waals surface area (Å²) in [5, 5.41) is 6.76. The molecule has 7 heteroatoms. The Balaban J connectivity index is 1.90. The lowest BCUT2D eigenvalue weighted by Crippen LogP contribution is -2.47. The minimum atomic E-state index is -0.468. The molecule has 1 aliphatic heterocycles. The number of benzene rings is 2. The fourth-order valence-corrected chi connectivity index (χ4v) is 4.16. The van der Waals surface area contributed by atoms with E-state index in [1.165, 1.54) is 5.56 Å². The molecular formula is C25H29N3O3S. The first kappa shape index (κ1) is 23.5. The van der Waals surface area contributed by atoms with Crippen LogP contribution in [0.25, 0.3) is 0 Å². The number of hydrogen-bond donors (Lipinski definition) is 2. The highest BCUT2D eigenvalue weighted by Crippen LogP contribution is 2.32.